The minimum atomic E-state index is 0.00323. The van der Waals surface area contributed by atoms with Crippen molar-refractivity contribution in [2.24, 2.45) is 0 Å². The highest BCUT2D eigenvalue weighted by molar-refractivity contribution is 5.46. The molecule has 0 aliphatic carbocycles. The summed E-state index contributed by atoms with van der Waals surface area (Å²) in [6, 6.07) is 1.95. The summed E-state index contributed by atoms with van der Waals surface area (Å²) in [5, 5.41) is 8.79. The molecule has 0 unspecified atom stereocenters. The highest BCUT2D eigenvalue weighted by atomic mass is 16.3. The molecule has 0 aromatic carbocycles. The Morgan fingerprint density at radius 1 is 1.73 bits per heavy atom. The predicted molar refractivity (Wildman–Crippen MR) is 45.0 cm³/mol. The van der Waals surface area contributed by atoms with Crippen LogP contribution in [0.1, 0.15) is 16.8 Å². The van der Waals surface area contributed by atoms with Gasteiger partial charge in [-0.2, -0.15) is 0 Å². The van der Waals surface area contributed by atoms with E-state index in [4.69, 9.17) is 5.11 Å². The first-order chi connectivity index (χ1) is 5.27. The van der Waals surface area contributed by atoms with E-state index in [1.54, 1.807) is 12.3 Å². The molecule has 11 heavy (non-hydrogen) atoms. The van der Waals surface area contributed by atoms with Crippen LogP contribution in [-0.4, -0.2) is 10.1 Å². The molecule has 1 N–H and O–H groups in total. The zero-order chi connectivity index (χ0) is 8.27. The van der Waals surface area contributed by atoms with Gasteiger partial charge in [0.1, 0.15) is 0 Å². The largest absolute Gasteiger partial charge is 0.390 e. The van der Waals surface area contributed by atoms with Crippen molar-refractivity contribution in [3.05, 3.63) is 35.7 Å². The lowest BCUT2D eigenvalue weighted by Crippen LogP contribution is -1.93. The van der Waals surface area contributed by atoms with Gasteiger partial charge in [0.2, 0.25) is 0 Å². The van der Waals surface area contributed by atoms with Crippen LogP contribution in [0.5, 0.6) is 0 Å². The second kappa shape index (κ2) is 3.30. The van der Waals surface area contributed by atoms with Crippen LogP contribution >= 0.6 is 0 Å². The molecule has 58 valence electrons. The topological polar surface area (TPSA) is 33.1 Å². The molecular weight excluding hydrogens is 138 g/mol. The lowest BCUT2D eigenvalue weighted by Gasteiger charge is -2.00. The Labute approximate surface area is 66.2 Å². The van der Waals surface area contributed by atoms with Gasteiger partial charge in [-0.05, 0) is 24.1 Å². The van der Waals surface area contributed by atoms with Crippen LogP contribution in [0, 0.1) is 6.92 Å². The average Bonchev–Trinajstić information content (AvgIpc) is 2.04. The molecule has 0 aliphatic heterocycles. The maximum absolute atomic E-state index is 8.79. The van der Waals surface area contributed by atoms with Crippen LogP contribution in [0.2, 0.25) is 0 Å². The van der Waals surface area contributed by atoms with Gasteiger partial charge in [0.05, 0.1) is 12.3 Å². The number of hydrogen-bond acceptors (Lipinski definition) is 2. The van der Waals surface area contributed by atoms with E-state index in [1.165, 1.54) is 0 Å². The Morgan fingerprint density at radius 3 is 2.91 bits per heavy atom. The molecule has 0 amide bonds. The highest BCUT2D eigenvalue weighted by Gasteiger charge is 1.96. The molecule has 2 nitrogen and oxygen atoms in total. The molecule has 0 fully saturated rings. The Hall–Kier alpha value is -1.15. The summed E-state index contributed by atoms with van der Waals surface area (Å²) in [6.45, 7) is 5.55. The van der Waals surface area contributed by atoms with Crippen molar-refractivity contribution in [1.82, 2.24) is 4.98 Å². The van der Waals surface area contributed by atoms with E-state index < -0.39 is 0 Å². The van der Waals surface area contributed by atoms with Gasteiger partial charge in [-0.25, -0.2) is 0 Å². The molecule has 0 spiro atoms. The van der Waals surface area contributed by atoms with Crippen LogP contribution in [0.4, 0.5) is 0 Å². The number of rotatable bonds is 2. The van der Waals surface area contributed by atoms with Crippen LogP contribution in [-0.2, 0) is 6.61 Å². The van der Waals surface area contributed by atoms with Gasteiger partial charge >= 0.3 is 0 Å². The predicted octanol–water partition coefficient (Wildman–Crippen LogP) is 1.53. The summed E-state index contributed by atoms with van der Waals surface area (Å²) in [4.78, 5) is 4.05. The molecule has 0 saturated heterocycles. The molecule has 0 bridgehead atoms. The van der Waals surface area contributed by atoms with Crippen molar-refractivity contribution in [3.63, 3.8) is 0 Å². The monoisotopic (exact) mass is 149 g/mol. The summed E-state index contributed by atoms with van der Waals surface area (Å²) in [5.41, 5.74) is 2.72. The van der Waals surface area contributed by atoms with E-state index in [-0.39, 0.29) is 6.61 Å². The zero-order valence-corrected chi connectivity index (χ0v) is 6.54. The fourth-order valence-electron chi connectivity index (χ4n) is 0.902. The first-order valence-electron chi connectivity index (χ1n) is 3.46. The van der Waals surface area contributed by atoms with Gasteiger partial charge in [-0.1, -0.05) is 12.7 Å². The molecule has 0 aliphatic rings. The molecule has 0 saturated carbocycles. The van der Waals surface area contributed by atoms with Gasteiger partial charge in [0.15, 0.2) is 0 Å². The van der Waals surface area contributed by atoms with Crippen LogP contribution < -0.4 is 0 Å². The lowest BCUT2D eigenvalue weighted by molar-refractivity contribution is 0.276. The summed E-state index contributed by atoms with van der Waals surface area (Å²) in [5.74, 6) is 0. The van der Waals surface area contributed by atoms with E-state index in [0.717, 1.165) is 16.8 Å². The fraction of sp³-hybridized carbons (Fsp3) is 0.222. The normalized spacial score (nSPS) is 9.64. The van der Waals surface area contributed by atoms with Crippen molar-refractivity contribution in [3.8, 4) is 0 Å². The van der Waals surface area contributed by atoms with E-state index in [0.29, 0.717) is 0 Å². The molecule has 1 aromatic rings. The van der Waals surface area contributed by atoms with Gasteiger partial charge in [-0.15, -0.1) is 0 Å². The van der Waals surface area contributed by atoms with Crippen molar-refractivity contribution in [2.45, 2.75) is 13.5 Å². The first kappa shape index (κ1) is 7.95. The van der Waals surface area contributed by atoms with Crippen molar-refractivity contribution in [1.29, 1.82) is 0 Å². The number of aliphatic hydroxyl groups excluding tert-OH is 1. The van der Waals surface area contributed by atoms with E-state index >= 15 is 0 Å². The third kappa shape index (κ3) is 1.65. The lowest BCUT2D eigenvalue weighted by atomic mass is 10.1. The minimum Gasteiger partial charge on any atom is -0.390 e. The van der Waals surface area contributed by atoms with E-state index in [2.05, 4.69) is 11.6 Å². The number of aryl methyl sites for hydroxylation is 1. The Balaban J connectivity index is 3.09. The van der Waals surface area contributed by atoms with Gasteiger partial charge in [0.25, 0.3) is 0 Å². The molecule has 1 rings (SSSR count). The second-order valence-corrected chi connectivity index (χ2v) is 2.39. The summed E-state index contributed by atoms with van der Waals surface area (Å²) in [6.07, 6.45) is 3.44. The first-order valence-corrected chi connectivity index (χ1v) is 3.46. The Bertz CT molecular complexity index is 268. The summed E-state index contributed by atoms with van der Waals surface area (Å²) >= 11 is 0. The molecule has 1 aromatic heterocycles. The molecular formula is C9H11NO. The third-order valence-electron chi connectivity index (χ3n) is 1.59. The van der Waals surface area contributed by atoms with Crippen LogP contribution in [0.3, 0.4) is 0 Å². The zero-order valence-electron chi connectivity index (χ0n) is 6.54. The highest BCUT2D eigenvalue weighted by Crippen LogP contribution is 2.07. The van der Waals surface area contributed by atoms with E-state index in [1.807, 2.05) is 13.0 Å². The summed E-state index contributed by atoms with van der Waals surface area (Å²) in [7, 11) is 0. The van der Waals surface area contributed by atoms with Gasteiger partial charge in [0, 0.05) is 6.20 Å². The summed E-state index contributed by atoms with van der Waals surface area (Å²) < 4.78 is 0. The van der Waals surface area contributed by atoms with Crippen molar-refractivity contribution in [2.75, 3.05) is 0 Å². The molecule has 1 heterocycles. The van der Waals surface area contributed by atoms with E-state index in [9.17, 15) is 0 Å². The average molecular weight is 149 g/mol. The van der Waals surface area contributed by atoms with Crippen LogP contribution in [0.15, 0.2) is 18.8 Å². The SMILES string of the molecule is C=Cc1cnc(CO)c(C)c1. The molecule has 0 radical (unpaired) electrons. The second-order valence-electron chi connectivity index (χ2n) is 2.39. The Morgan fingerprint density at radius 2 is 2.45 bits per heavy atom. The number of nitrogens with zero attached hydrogens (tertiary/aromatic N) is 1. The molecule has 2 heteroatoms. The Kier molecular flexibility index (Phi) is 2.39. The maximum Gasteiger partial charge on any atom is 0.0855 e. The quantitative estimate of drug-likeness (QED) is 0.691. The molecule has 0 atom stereocenters. The fourth-order valence-corrected chi connectivity index (χ4v) is 0.902. The number of aliphatic hydroxyl groups is 1. The van der Waals surface area contributed by atoms with Crippen molar-refractivity contribution >= 4 is 6.08 Å². The van der Waals surface area contributed by atoms with Gasteiger partial charge < -0.3 is 5.11 Å². The number of aromatic nitrogens is 1. The maximum atomic E-state index is 8.79. The minimum absolute atomic E-state index is 0.00323. The number of hydrogen-bond donors (Lipinski definition) is 1. The smallest absolute Gasteiger partial charge is 0.0855 e. The van der Waals surface area contributed by atoms with Crippen molar-refractivity contribution < 1.29 is 5.11 Å². The third-order valence-corrected chi connectivity index (χ3v) is 1.59. The standard InChI is InChI=1S/C9H11NO/c1-3-8-4-7(2)9(6-11)10-5-8/h3-5,11H,1,6H2,2H3. The van der Waals surface area contributed by atoms with Crippen LogP contribution in [0.25, 0.3) is 6.08 Å². The van der Waals surface area contributed by atoms with Gasteiger partial charge in [-0.3, -0.25) is 4.98 Å². The number of pyridine rings is 1.